The van der Waals surface area contributed by atoms with E-state index in [0.29, 0.717) is 12.5 Å². The number of halogens is 1. The Labute approximate surface area is 79.4 Å². The molecule has 1 fully saturated rings. The van der Waals surface area contributed by atoms with E-state index in [1.165, 1.54) is 0 Å². The van der Waals surface area contributed by atoms with Gasteiger partial charge in [-0.1, -0.05) is 13.8 Å². The number of hydrogen-bond donors (Lipinski definition) is 0. The van der Waals surface area contributed by atoms with E-state index >= 15 is 0 Å². The Morgan fingerprint density at radius 1 is 1.46 bits per heavy atom. The molecule has 0 aliphatic carbocycles. The van der Waals surface area contributed by atoms with Gasteiger partial charge in [0.25, 0.3) is 0 Å². The van der Waals surface area contributed by atoms with Crippen LogP contribution in [0, 0.1) is 11.8 Å². The van der Waals surface area contributed by atoms with Crippen molar-refractivity contribution in [3.8, 4) is 0 Å². The summed E-state index contributed by atoms with van der Waals surface area (Å²) >= 11 is 0. The van der Waals surface area contributed by atoms with Gasteiger partial charge in [0.1, 0.15) is 6.67 Å². The molecule has 1 aliphatic heterocycles. The first-order chi connectivity index (χ1) is 5.96. The normalized spacial score (nSPS) is 33.7. The topological polar surface area (TPSA) is 18.5 Å². The smallest absolute Gasteiger partial charge is 0.163 e. The molecule has 1 saturated heterocycles. The summed E-state index contributed by atoms with van der Waals surface area (Å²) in [7, 11) is 0. The molecule has 78 valence electrons. The first kappa shape index (κ1) is 10.9. The van der Waals surface area contributed by atoms with Crippen LogP contribution in [0.5, 0.6) is 0 Å². The molecule has 0 saturated carbocycles. The minimum absolute atomic E-state index is 0.179. The fourth-order valence-electron chi connectivity index (χ4n) is 1.66. The van der Waals surface area contributed by atoms with Crippen LogP contribution in [0.1, 0.15) is 27.7 Å². The third-order valence-corrected chi connectivity index (χ3v) is 2.54. The van der Waals surface area contributed by atoms with Gasteiger partial charge in [-0.2, -0.15) is 0 Å². The largest absolute Gasteiger partial charge is 0.350 e. The summed E-state index contributed by atoms with van der Waals surface area (Å²) in [6.45, 7) is 7.96. The lowest BCUT2D eigenvalue weighted by atomic mass is 9.90. The van der Waals surface area contributed by atoms with Gasteiger partial charge in [0.15, 0.2) is 5.79 Å². The maximum atomic E-state index is 12.7. The highest BCUT2D eigenvalue weighted by Crippen LogP contribution is 2.30. The van der Waals surface area contributed by atoms with Gasteiger partial charge in [0.2, 0.25) is 0 Å². The molecule has 3 heteroatoms. The highest BCUT2D eigenvalue weighted by molar-refractivity contribution is 4.79. The molecule has 0 N–H and O–H groups in total. The predicted octanol–water partition coefficient (Wildman–Crippen LogP) is 2.38. The second kappa shape index (κ2) is 3.93. The van der Waals surface area contributed by atoms with Gasteiger partial charge in [-0.25, -0.2) is 4.39 Å². The Balaban J connectivity index is 2.61. The lowest BCUT2D eigenvalue weighted by molar-refractivity contribution is -0.299. The Morgan fingerprint density at radius 3 is 2.54 bits per heavy atom. The van der Waals surface area contributed by atoms with Gasteiger partial charge in [-0.3, -0.25) is 0 Å². The molecule has 1 rings (SSSR count). The van der Waals surface area contributed by atoms with Gasteiger partial charge >= 0.3 is 0 Å². The maximum Gasteiger partial charge on any atom is 0.163 e. The minimum atomic E-state index is -0.623. The standard InChI is InChI=1S/C10H19FO2/c1-7(2)8-6-12-10(3,4)13-9(8)5-11/h7-9H,5-6H2,1-4H3. The zero-order chi connectivity index (χ0) is 10.1. The monoisotopic (exact) mass is 190 g/mol. The minimum Gasteiger partial charge on any atom is -0.350 e. The van der Waals surface area contributed by atoms with Gasteiger partial charge in [0, 0.05) is 5.92 Å². The SMILES string of the molecule is CC(C)C1COC(C)(C)OC1CF. The Hall–Kier alpha value is -0.150. The zero-order valence-electron chi connectivity index (χ0n) is 8.84. The van der Waals surface area contributed by atoms with Crippen molar-refractivity contribution in [1.82, 2.24) is 0 Å². The molecule has 1 aliphatic rings. The van der Waals surface area contributed by atoms with Gasteiger partial charge in [-0.15, -0.1) is 0 Å². The molecule has 2 unspecified atom stereocenters. The van der Waals surface area contributed by atoms with E-state index in [2.05, 4.69) is 13.8 Å². The van der Waals surface area contributed by atoms with E-state index in [4.69, 9.17) is 9.47 Å². The van der Waals surface area contributed by atoms with E-state index in [1.54, 1.807) is 0 Å². The van der Waals surface area contributed by atoms with E-state index < -0.39 is 12.5 Å². The molecule has 0 aromatic heterocycles. The average molecular weight is 190 g/mol. The van der Waals surface area contributed by atoms with Crippen molar-refractivity contribution in [1.29, 1.82) is 0 Å². The van der Waals surface area contributed by atoms with E-state index in [1.807, 2.05) is 13.8 Å². The summed E-state index contributed by atoms with van der Waals surface area (Å²) in [4.78, 5) is 0. The van der Waals surface area contributed by atoms with Crippen LogP contribution >= 0.6 is 0 Å². The Morgan fingerprint density at radius 2 is 2.08 bits per heavy atom. The highest BCUT2D eigenvalue weighted by atomic mass is 19.1. The summed E-state index contributed by atoms with van der Waals surface area (Å²) in [6, 6.07) is 0. The second-order valence-electron chi connectivity index (χ2n) is 4.43. The predicted molar refractivity (Wildman–Crippen MR) is 49.2 cm³/mol. The zero-order valence-corrected chi connectivity index (χ0v) is 8.84. The third kappa shape index (κ3) is 2.64. The molecule has 2 nitrogen and oxygen atoms in total. The molecule has 2 atom stereocenters. The quantitative estimate of drug-likeness (QED) is 0.665. The molecule has 0 bridgehead atoms. The average Bonchev–Trinajstić information content (AvgIpc) is 2.01. The number of rotatable bonds is 2. The van der Waals surface area contributed by atoms with Crippen molar-refractivity contribution in [2.24, 2.45) is 11.8 Å². The molecule has 0 aromatic carbocycles. The molecule has 1 heterocycles. The van der Waals surface area contributed by atoms with Crippen LogP contribution in [0.3, 0.4) is 0 Å². The van der Waals surface area contributed by atoms with Crippen molar-refractivity contribution in [2.75, 3.05) is 13.3 Å². The van der Waals surface area contributed by atoms with E-state index in [9.17, 15) is 4.39 Å². The van der Waals surface area contributed by atoms with Crippen LogP contribution in [-0.4, -0.2) is 25.2 Å². The molecule has 0 radical (unpaired) electrons. The lowest BCUT2D eigenvalue weighted by Gasteiger charge is -2.41. The van der Waals surface area contributed by atoms with E-state index in [0.717, 1.165) is 0 Å². The van der Waals surface area contributed by atoms with Gasteiger partial charge < -0.3 is 9.47 Å². The van der Waals surface area contributed by atoms with Crippen molar-refractivity contribution in [2.45, 2.75) is 39.6 Å². The third-order valence-electron chi connectivity index (χ3n) is 2.54. The summed E-state index contributed by atoms with van der Waals surface area (Å²) in [5, 5.41) is 0. The van der Waals surface area contributed by atoms with Gasteiger partial charge in [-0.05, 0) is 19.8 Å². The maximum absolute atomic E-state index is 12.7. The van der Waals surface area contributed by atoms with Crippen LogP contribution < -0.4 is 0 Å². The summed E-state index contributed by atoms with van der Waals surface area (Å²) in [5.74, 6) is -0.0443. The van der Waals surface area contributed by atoms with Crippen LogP contribution in [0.2, 0.25) is 0 Å². The second-order valence-corrected chi connectivity index (χ2v) is 4.43. The summed E-state index contributed by atoms with van der Waals surface area (Å²) in [6.07, 6.45) is -0.302. The van der Waals surface area contributed by atoms with E-state index in [-0.39, 0.29) is 12.0 Å². The number of alkyl halides is 1. The van der Waals surface area contributed by atoms with Crippen LogP contribution in [-0.2, 0) is 9.47 Å². The molecule has 13 heavy (non-hydrogen) atoms. The molecular formula is C10H19FO2. The van der Waals surface area contributed by atoms with Crippen LogP contribution in [0.25, 0.3) is 0 Å². The summed E-state index contributed by atoms with van der Waals surface area (Å²) < 4.78 is 23.6. The van der Waals surface area contributed by atoms with Crippen molar-refractivity contribution in [3.63, 3.8) is 0 Å². The van der Waals surface area contributed by atoms with Crippen LogP contribution in [0.4, 0.5) is 4.39 Å². The Kier molecular flexibility index (Phi) is 3.30. The van der Waals surface area contributed by atoms with Crippen molar-refractivity contribution < 1.29 is 13.9 Å². The molecule has 0 spiro atoms. The van der Waals surface area contributed by atoms with Crippen molar-refractivity contribution >= 4 is 0 Å². The summed E-state index contributed by atoms with van der Waals surface area (Å²) in [5.41, 5.74) is 0. The number of ether oxygens (including phenoxy) is 2. The van der Waals surface area contributed by atoms with Gasteiger partial charge in [0.05, 0.1) is 12.7 Å². The molecule has 0 aromatic rings. The fourth-order valence-corrected chi connectivity index (χ4v) is 1.66. The molecule has 0 amide bonds. The fraction of sp³-hybridized carbons (Fsp3) is 1.00. The molecular weight excluding hydrogens is 171 g/mol. The van der Waals surface area contributed by atoms with Crippen LogP contribution in [0.15, 0.2) is 0 Å². The number of hydrogen-bond acceptors (Lipinski definition) is 2. The first-order valence-corrected chi connectivity index (χ1v) is 4.84. The Bertz CT molecular complexity index is 168. The highest BCUT2D eigenvalue weighted by Gasteiger charge is 2.37. The lowest BCUT2D eigenvalue weighted by Crippen LogP contribution is -2.48. The first-order valence-electron chi connectivity index (χ1n) is 4.84. The van der Waals surface area contributed by atoms with Crippen molar-refractivity contribution in [3.05, 3.63) is 0 Å².